The Hall–Kier alpha value is -1.13. The minimum Gasteiger partial charge on any atom is -0.381 e. The van der Waals surface area contributed by atoms with E-state index in [0.29, 0.717) is 5.92 Å². The van der Waals surface area contributed by atoms with Crippen molar-refractivity contribution in [2.75, 3.05) is 31.7 Å². The van der Waals surface area contributed by atoms with Gasteiger partial charge in [0, 0.05) is 39.0 Å². The Morgan fingerprint density at radius 2 is 2.21 bits per heavy atom. The summed E-state index contributed by atoms with van der Waals surface area (Å²) in [5.74, 6) is 1.79. The minimum atomic E-state index is 0.166. The van der Waals surface area contributed by atoms with Gasteiger partial charge in [-0.1, -0.05) is 6.07 Å². The Morgan fingerprint density at radius 3 is 2.89 bits per heavy atom. The van der Waals surface area contributed by atoms with Crippen LogP contribution in [0, 0.1) is 5.92 Å². The first kappa shape index (κ1) is 14.3. The van der Waals surface area contributed by atoms with E-state index in [-0.39, 0.29) is 6.04 Å². The van der Waals surface area contributed by atoms with Gasteiger partial charge in [0.25, 0.3) is 0 Å². The Balaban J connectivity index is 2.02. The largest absolute Gasteiger partial charge is 0.381 e. The molecule has 106 valence electrons. The van der Waals surface area contributed by atoms with Crippen molar-refractivity contribution in [3.05, 3.63) is 23.9 Å². The first-order chi connectivity index (χ1) is 9.16. The predicted octanol–water partition coefficient (Wildman–Crippen LogP) is 1.83. The number of pyridine rings is 1. The molecule has 0 saturated carbocycles. The van der Waals surface area contributed by atoms with Crippen molar-refractivity contribution in [3.63, 3.8) is 0 Å². The summed E-state index contributed by atoms with van der Waals surface area (Å²) in [4.78, 5) is 6.81. The van der Waals surface area contributed by atoms with E-state index in [4.69, 9.17) is 10.5 Å². The lowest BCUT2D eigenvalue weighted by atomic mass is 9.99. The quantitative estimate of drug-likeness (QED) is 0.880. The van der Waals surface area contributed by atoms with Crippen LogP contribution in [0.5, 0.6) is 0 Å². The van der Waals surface area contributed by atoms with Gasteiger partial charge in [0.1, 0.15) is 5.82 Å². The summed E-state index contributed by atoms with van der Waals surface area (Å²) in [6.07, 6.45) is 5.04. The fourth-order valence-corrected chi connectivity index (χ4v) is 2.68. The Labute approximate surface area is 116 Å². The van der Waals surface area contributed by atoms with Crippen molar-refractivity contribution in [3.8, 4) is 0 Å². The maximum absolute atomic E-state index is 5.91. The van der Waals surface area contributed by atoms with Crippen molar-refractivity contribution in [1.82, 2.24) is 4.98 Å². The molecule has 1 aliphatic rings. The summed E-state index contributed by atoms with van der Waals surface area (Å²) in [7, 11) is 2.13. The summed E-state index contributed by atoms with van der Waals surface area (Å²) < 4.78 is 5.41. The summed E-state index contributed by atoms with van der Waals surface area (Å²) in [5.41, 5.74) is 7.16. The highest BCUT2D eigenvalue weighted by Crippen LogP contribution is 2.21. The molecule has 4 heteroatoms. The molecule has 0 aromatic carbocycles. The lowest BCUT2D eigenvalue weighted by Gasteiger charge is -2.29. The van der Waals surface area contributed by atoms with Crippen molar-refractivity contribution in [1.29, 1.82) is 0 Å². The number of nitrogens with zero attached hydrogens (tertiary/aromatic N) is 2. The van der Waals surface area contributed by atoms with Crippen LogP contribution >= 0.6 is 0 Å². The van der Waals surface area contributed by atoms with Gasteiger partial charge in [0.05, 0.1) is 0 Å². The molecule has 0 spiro atoms. The summed E-state index contributed by atoms with van der Waals surface area (Å²) in [6, 6.07) is 4.29. The average molecular weight is 263 g/mol. The monoisotopic (exact) mass is 263 g/mol. The van der Waals surface area contributed by atoms with E-state index < -0.39 is 0 Å². The van der Waals surface area contributed by atoms with E-state index in [0.717, 1.165) is 44.8 Å². The molecule has 1 saturated heterocycles. The maximum Gasteiger partial charge on any atom is 0.131 e. The van der Waals surface area contributed by atoms with Crippen molar-refractivity contribution in [2.45, 2.75) is 32.2 Å². The highest BCUT2D eigenvalue weighted by atomic mass is 16.5. The lowest BCUT2D eigenvalue weighted by Crippen LogP contribution is -2.31. The highest BCUT2D eigenvalue weighted by molar-refractivity contribution is 5.46. The zero-order chi connectivity index (χ0) is 13.7. The highest BCUT2D eigenvalue weighted by Gasteiger charge is 2.18. The molecule has 2 rings (SSSR count). The third-order valence-corrected chi connectivity index (χ3v) is 3.64. The van der Waals surface area contributed by atoms with Gasteiger partial charge in [-0.05, 0) is 43.7 Å². The van der Waals surface area contributed by atoms with Crippen LogP contribution in [0.4, 0.5) is 5.82 Å². The molecule has 1 aliphatic heterocycles. The third-order valence-electron chi connectivity index (χ3n) is 3.64. The summed E-state index contributed by atoms with van der Waals surface area (Å²) in [6.45, 7) is 4.88. The van der Waals surface area contributed by atoms with E-state index in [1.807, 2.05) is 19.2 Å². The SMILES string of the molecule is CC(N)Cc1cccnc1N(C)CC1CCOCC1. The molecule has 4 nitrogen and oxygen atoms in total. The lowest BCUT2D eigenvalue weighted by molar-refractivity contribution is 0.0685. The molecule has 1 aromatic rings. The minimum absolute atomic E-state index is 0.166. The molecule has 19 heavy (non-hydrogen) atoms. The van der Waals surface area contributed by atoms with Crippen LogP contribution in [0.15, 0.2) is 18.3 Å². The van der Waals surface area contributed by atoms with E-state index in [2.05, 4.69) is 23.0 Å². The molecule has 0 bridgehead atoms. The molecule has 1 aromatic heterocycles. The van der Waals surface area contributed by atoms with Crippen LogP contribution in [-0.2, 0) is 11.2 Å². The number of hydrogen-bond donors (Lipinski definition) is 1. The van der Waals surface area contributed by atoms with Crippen LogP contribution in [0.3, 0.4) is 0 Å². The molecule has 0 amide bonds. The molecular weight excluding hydrogens is 238 g/mol. The summed E-state index contributed by atoms with van der Waals surface area (Å²) >= 11 is 0. The smallest absolute Gasteiger partial charge is 0.131 e. The first-order valence-corrected chi connectivity index (χ1v) is 7.15. The zero-order valence-electron chi connectivity index (χ0n) is 12.0. The van der Waals surface area contributed by atoms with Crippen LogP contribution in [0.1, 0.15) is 25.3 Å². The first-order valence-electron chi connectivity index (χ1n) is 7.15. The summed E-state index contributed by atoms with van der Waals surface area (Å²) in [5, 5.41) is 0. The van der Waals surface area contributed by atoms with Crippen molar-refractivity contribution >= 4 is 5.82 Å². The average Bonchev–Trinajstić information content (AvgIpc) is 2.39. The van der Waals surface area contributed by atoms with E-state index in [9.17, 15) is 0 Å². The van der Waals surface area contributed by atoms with Gasteiger partial charge in [0.15, 0.2) is 0 Å². The molecular formula is C15H25N3O. The van der Waals surface area contributed by atoms with Gasteiger partial charge in [-0.2, -0.15) is 0 Å². The van der Waals surface area contributed by atoms with Crippen LogP contribution in [-0.4, -0.2) is 37.8 Å². The van der Waals surface area contributed by atoms with Crippen LogP contribution in [0.2, 0.25) is 0 Å². The number of anilines is 1. The fraction of sp³-hybridized carbons (Fsp3) is 0.667. The third kappa shape index (κ3) is 4.18. The number of ether oxygens (including phenoxy) is 1. The Bertz CT molecular complexity index is 389. The van der Waals surface area contributed by atoms with Gasteiger partial charge < -0.3 is 15.4 Å². The second kappa shape index (κ2) is 6.87. The van der Waals surface area contributed by atoms with Gasteiger partial charge >= 0.3 is 0 Å². The molecule has 1 fully saturated rings. The molecule has 1 unspecified atom stereocenters. The van der Waals surface area contributed by atoms with E-state index in [1.165, 1.54) is 5.56 Å². The predicted molar refractivity (Wildman–Crippen MR) is 78.4 cm³/mol. The standard InChI is InChI=1S/C15H25N3O/c1-12(16)10-14-4-3-7-17-15(14)18(2)11-13-5-8-19-9-6-13/h3-4,7,12-13H,5-6,8-11,16H2,1-2H3. The molecule has 2 N–H and O–H groups in total. The van der Waals surface area contributed by atoms with E-state index in [1.54, 1.807) is 0 Å². The van der Waals surface area contributed by atoms with Crippen LogP contribution in [0.25, 0.3) is 0 Å². The van der Waals surface area contributed by atoms with Crippen molar-refractivity contribution in [2.24, 2.45) is 11.7 Å². The molecule has 0 aliphatic carbocycles. The Morgan fingerprint density at radius 1 is 1.47 bits per heavy atom. The van der Waals surface area contributed by atoms with E-state index >= 15 is 0 Å². The van der Waals surface area contributed by atoms with Crippen molar-refractivity contribution < 1.29 is 4.74 Å². The maximum atomic E-state index is 5.91. The fourth-order valence-electron chi connectivity index (χ4n) is 2.68. The van der Waals surface area contributed by atoms with Gasteiger partial charge in [-0.25, -0.2) is 4.98 Å². The number of aromatic nitrogens is 1. The number of rotatable bonds is 5. The second-order valence-corrected chi connectivity index (χ2v) is 5.60. The van der Waals surface area contributed by atoms with Crippen LogP contribution < -0.4 is 10.6 Å². The second-order valence-electron chi connectivity index (χ2n) is 5.60. The molecule has 2 heterocycles. The molecule has 0 radical (unpaired) electrons. The molecule has 1 atom stereocenters. The number of nitrogens with two attached hydrogens (primary N) is 1. The normalized spacial score (nSPS) is 18.3. The van der Waals surface area contributed by atoms with Gasteiger partial charge in [0.2, 0.25) is 0 Å². The number of hydrogen-bond acceptors (Lipinski definition) is 4. The Kier molecular flexibility index (Phi) is 5.16. The zero-order valence-corrected chi connectivity index (χ0v) is 12.0. The van der Waals surface area contributed by atoms with Gasteiger partial charge in [-0.3, -0.25) is 0 Å². The topological polar surface area (TPSA) is 51.4 Å². The van der Waals surface area contributed by atoms with Gasteiger partial charge in [-0.15, -0.1) is 0 Å².